The molecule has 0 radical (unpaired) electrons. The normalized spacial score (nSPS) is 22.0. The van der Waals surface area contributed by atoms with Gasteiger partial charge in [0.1, 0.15) is 5.69 Å². The smallest absolute Gasteiger partial charge is 0.337 e. The first kappa shape index (κ1) is 15.2. The molecule has 0 aliphatic carbocycles. The van der Waals surface area contributed by atoms with Crippen LogP contribution in [0.2, 0.25) is 0 Å². The molecule has 1 aliphatic rings. The molecule has 0 N–H and O–H groups in total. The number of ether oxygens (including phenoxy) is 2. The predicted molar refractivity (Wildman–Crippen MR) is 76.7 cm³/mol. The summed E-state index contributed by atoms with van der Waals surface area (Å²) in [5, 5.41) is 11.2. The van der Waals surface area contributed by atoms with Crippen LogP contribution in [0.5, 0.6) is 0 Å². The topological polar surface area (TPSA) is 81.9 Å². The molecule has 1 aromatic rings. The lowest BCUT2D eigenvalue weighted by Gasteiger charge is -2.38. The summed E-state index contributed by atoms with van der Waals surface area (Å²) < 4.78 is 10.2. The van der Waals surface area contributed by atoms with E-state index in [1.165, 1.54) is 25.3 Å². The quantitative estimate of drug-likeness (QED) is 0.482. The number of benzene rings is 1. The Balaban J connectivity index is 2.47. The Kier molecular flexibility index (Phi) is 4.42. The van der Waals surface area contributed by atoms with Gasteiger partial charge >= 0.3 is 5.97 Å². The van der Waals surface area contributed by atoms with E-state index in [2.05, 4.69) is 4.74 Å². The Labute approximate surface area is 122 Å². The van der Waals surface area contributed by atoms with Gasteiger partial charge in [0.25, 0.3) is 5.69 Å². The van der Waals surface area contributed by atoms with Crippen molar-refractivity contribution in [1.29, 1.82) is 0 Å². The lowest BCUT2D eigenvalue weighted by atomic mass is 10.1. The number of carbonyl (C=O) groups is 1. The zero-order valence-corrected chi connectivity index (χ0v) is 12.2. The molecule has 2 rings (SSSR count). The third-order valence-corrected chi connectivity index (χ3v) is 3.51. The molecule has 2 atom stereocenters. The van der Waals surface area contributed by atoms with Gasteiger partial charge in [-0.1, -0.05) is 0 Å². The van der Waals surface area contributed by atoms with E-state index in [-0.39, 0.29) is 17.8 Å². The summed E-state index contributed by atoms with van der Waals surface area (Å²) in [6.45, 7) is 4.86. The maximum Gasteiger partial charge on any atom is 0.337 e. The van der Waals surface area contributed by atoms with Crippen LogP contribution >= 0.6 is 0 Å². The van der Waals surface area contributed by atoms with E-state index in [0.717, 1.165) is 0 Å². The Bertz CT molecular complexity index is 560. The minimum atomic E-state index is -0.514. The van der Waals surface area contributed by atoms with E-state index >= 15 is 0 Å². The Morgan fingerprint density at radius 3 is 2.81 bits per heavy atom. The summed E-state index contributed by atoms with van der Waals surface area (Å²) in [5.41, 5.74) is 0.693. The summed E-state index contributed by atoms with van der Waals surface area (Å²) in [4.78, 5) is 24.3. The molecule has 21 heavy (non-hydrogen) atoms. The Morgan fingerprint density at radius 2 is 2.19 bits per heavy atom. The summed E-state index contributed by atoms with van der Waals surface area (Å²) in [6, 6.07) is 4.25. The van der Waals surface area contributed by atoms with Crippen molar-refractivity contribution >= 4 is 17.3 Å². The minimum Gasteiger partial charge on any atom is -0.465 e. The number of anilines is 1. The molecule has 1 aliphatic heterocycles. The highest BCUT2D eigenvalue weighted by Gasteiger charge is 2.29. The molecule has 0 saturated carbocycles. The van der Waals surface area contributed by atoms with Gasteiger partial charge in [0, 0.05) is 18.7 Å². The fourth-order valence-electron chi connectivity index (χ4n) is 2.39. The highest BCUT2D eigenvalue weighted by molar-refractivity contribution is 5.91. The van der Waals surface area contributed by atoms with Crippen LogP contribution in [0.4, 0.5) is 11.4 Å². The second-order valence-corrected chi connectivity index (χ2v) is 5.10. The molecule has 7 nitrogen and oxygen atoms in total. The van der Waals surface area contributed by atoms with E-state index in [1.807, 2.05) is 18.7 Å². The fraction of sp³-hybridized carbons (Fsp3) is 0.500. The van der Waals surface area contributed by atoms with Gasteiger partial charge in [-0.15, -0.1) is 0 Å². The first-order valence-corrected chi connectivity index (χ1v) is 6.69. The van der Waals surface area contributed by atoms with E-state index in [9.17, 15) is 14.9 Å². The Morgan fingerprint density at radius 1 is 1.48 bits per heavy atom. The van der Waals surface area contributed by atoms with Crippen molar-refractivity contribution in [3.05, 3.63) is 33.9 Å². The molecule has 1 heterocycles. The van der Waals surface area contributed by atoms with E-state index in [0.29, 0.717) is 24.4 Å². The lowest BCUT2D eigenvalue weighted by Crippen LogP contribution is -2.47. The van der Waals surface area contributed by atoms with Crippen LogP contribution in [0, 0.1) is 10.1 Å². The van der Waals surface area contributed by atoms with Gasteiger partial charge in [-0.2, -0.15) is 0 Å². The van der Waals surface area contributed by atoms with Crippen LogP contribution in [-0.2, 0) is 9.47 Å². The number of hydrogen-bond donors (Lipinski definition) is 0. The molecular weight excluding hydrogens is 276 g/mol. The van der Waals surface area contributed by atoms with Gasteiger partial charge in [0.05, 0.1) is 30.3 Å². The van der Waals surface area contributed by atoms with Crippen LogP contribution < -0.4 is 4.90 Å². The van der Waals surface area contributed by atoms with Crippen molar-refractivity contribution in [2.24, 2.45) is 0 Å². The molecule has 1 fully saturated rings. The molecule has 2 unspecified atom stereocenters. The van der Waals surface area contributed by atoms with Crippen molar-refractivity contribution in [3.63, 3.8) is 0 Å². The maximum atomic E-state index is 11.6. The first-order valence-electron chi connectivity index (χ1n) is 6.69. The molecule has 0 amide bonds. The average molecular weight is 294 g/mol. The first-order chi connectivity index (χ1) is 9.93. The molecule has 0 aromatic heterocycles. The summed E-state index contributed by atoms with van der Waals surface area (Å²) in [7, 11) is 1.28. The zero-order chi connectivity index (χ0) is 15.6. The van der Waals surface area contributed by atoms with Gasteiger partial charge in [-0.25, -0.2) is 4.79 Å². The number of methoxy groups -OCH3 is 1. The van der Waals surface area contributed by atoms with Crippen LogP contribution in [-0.4, -0.2) is 43.3 Å². The minimum absolute atomic E-state index is 0.00667. The van der Waals surface area contributed by atoms with Crippen LogP contribution in [0.15, 0.2) is 18.2 Å². The molecule has 1 saturated heterocycles. The van der Waals surface area contributed by atoms with Crippen molar-refractivity contribution in [2.45, 2.75) is 26.0 Å². The van der Waals surface area contributed by atoms with Crippen molar-refractivity contribution < 1.29 is 19.2 Å². The summed E-state index contributed by atoms with van der Waals surface area (Å²) in [5.74, 6) is -0.514. The van der Waals surface area contributed by atoms with E-state index < -0.39 is 10.9 Å². The van der Waals surface area contributed by atoms with Crippen LogP contribution in [0.1, 0.15) is 24.2 Å². The number of morpholine rings is 1. The summed E-state index contributed by atoms with van der Waals surface area (Å²) in [6.07, 6.45) is -0.0254. The highest BCUT2D eigenvalue weighted by atomic mass is 16.6. The van der Waals surface area contributed by atoms with Gasteiger partial charge in [-0.05, 0) is 26.0 Å². The van der Waals surface area contributed by atoms with Gasteiger partial charge < -0.3 is 14.4 Å². The predicted octanol–water partition coefficient (Wildman–Crippen LogP) is 1.99. The van der Waals surface area contributed by atoms with Gasteiger partial charge in [0.15, 0.2) is 0 Å². The molecule has 1 aromatic carbocycles. The number of nitro groups is 1. The van der Waals surface area contributed by atoms with Gasteiger partial charge in [0.2, 0.25) is 0 Å². The lowest BCUT2D eigenvalue weighted by molar-refractivity contribution is -0.384. The Hall–Kier alpha value is -2.15. The number of carbonyl (C=O) groups excluding carboxylic acids is 1. The number of hydrogen-bond acceptors (Lipinski definition) is 6. The zero-order valence-electron chi connectivity index (χ0n) is 12.2. The van der Waals surface area contributed by atoms with Crippen LogP contribution in [0.3, 0.4) is 0 Å². The van der Waals surface area contributed by atoms with Gasteiger partial charge in [-0.3, -0.25) is 10.1 Å². The van der Waals surface area contributed by atoms with Crippen molar-refractivity contribution in [2.75, 3.05) is 25.2 Å². The average Bonchev–Trinajstić information content (AvgIpc) is 2.48. The summed E-state index contributed by atoms with van der Waals surface area (Å²) >= 11 is 0. The molecule has 0 spiro atoms. The number of nitro benzene ring substituents is 1. The van der Waals surface area contributed by atoms with Crippen LogP contribution in [0.25, 0.3) is 0 Å². The molecule has 114 valence electrons. The van der Waals surface area contributed by atoms with E-state index in [1.54, 1.807) is 0 Å². The largest absolute Gasteiger partial charge is 0.465 e. The number of rotatable bonds is 3. The van der Waals surface area contributed by atoms with Crippen molar-refractivity contribution in [1.82, 2.24) is 0 Å². The standard InChI is InChI=1S/C14H18N2O5/c1-9-8-21-10(2)7-15(9)13-6-11(14(17)20-3)4-5-12(13)16(18)19/h4-6,9-10H,7-8H2,1-3H3. The SMILES string of the molecule is COC(=O)c1ccc([N+](=O)[O-])c(N2CC(C)OCC2C)c1. The molecule has 7 heteroatoms. The van der Waals surface area contributed by atoms with E-state index in [4.69, 9.17) is 4.74 Å². The maximum absolute atomic E-state index is 11.6. The number of nitrogens with zero attached hydrogens (tertiary/aromatic N) is 2. The monoisotopic (exact) mass is 294 g/mol. The molecule has 0 bridgehead atoms. The second-order valence-electron chi connectivity index (χ2n) is 5.10. The fourth-order valence-corrected chi connectivity index (χ4v) is 2.39. The number of esters is 1. The third kappa shape index (κ3) is 3.13. The van der Waals surface area contributed by atoms with Crippen molar-refractivity contribution in [3.8, 4) is 0 Å². The highest BCUT2D eigenvalue weighted by Crippen LogP contribution is 2.32. The second kappa shape index (κ2) is 6.09. The molecular formula is C14H18N2O5. The third-order valence-electron chi connectivity index (χ3n) is 3.51.